The molecule has 0 radical (unpaired) electrons. The number of benzene rings is 1. The van der Waals surface area contributed by atoms with Gasteiger partial charge in [0.25, 0.3) is 0 Å². The van der Waals surface area contributed by atoms with Gasteiger partial charge in [-0.3, -0.25) is 0 Å². The predicted octanol–water partition coefficient (Wildman–Crippen LogP) is 3.34. The normalized spacial score (nSPS) is 10.3. The van der Waals surface area contributed by atoms with Crippen LogP contribution in [0.15, 0.2) is 36.4 Å². The van der Waals surface area contributed by atoms with Crippen molar-refractivity contribution in [1.82, 2.24) is 0 Å². The Labute approximate surface area is 112 Å². The summed E-state index contributed by atoms with van der Waals surface area (Å²) in [6.45, 7) is 1.88. The molecule has 0 fully saturated rings. The van der Waals surface area contributed by atoms with E-state index in [1.54, 1.807) is 6.08 Å². The Bertz CT molecular complexity index is 412. The third-order valence-electron chi connectivity index (χ3n) is 2.09. The number of hydrogen-bond acceptors (Lipinski definition) is 4. The molecule has 96 valence electrons. The van der Waals surface area contributed by atoms with Crippen molar-refractivity contribution >= 4 is 29.3 Å². The van der Waals surface area contributed by atoms with Crippen molar-refractivity contribution in [2.45, 2.75) is 19.8 Å². The van der Waals surface area contributed by atoms with Gasteiger partial charge in [0.15, 0.2) is 5.05 Å². The molecular formula is C14H16O3S. The Morgan fingerprint density at radius 1 is 1.28 bits per heavy atom. The molecule has 0 aromatic heterocycles. The Morgan fingerprint density at radius 2 is 2.00 bits per heavy atom. The first-order valence-electron chi connectivity index (χ1n) is 5.78. The first kappa shape index (κ1) is 14.4. The molecule has 0 spiro atoms. The fourth-order valence-electron chi connectivity index (χ4n) is 1.21. The fourth-order valence-corrected chi connectivity index (χ4v) is 1.46. The summed E-state index contributed by atoms with van der Waals surface area (Å²) in [5.41, 5.74) is 0.942. The van der Waals surface area contributed by atoms with Gasteiger partial charge in [0.2, 0.25) is 6.79 Å². The first-order chi connectivity index (χ1) is 8.72. The average molecular weight is 264 g/mol. The standard InChI is InChI=1S/C14H16O3S/c1-2-6-14(18)17-11-16-13(15)10-9-12-7-4-3-5-8-12/h3-5,7-10H,2,6,11H2,1H3. The van der Waals surface area contributed by atoms with E-state index < -0.39 is 5.97 Å². The van der Waals surface area contributed by atoms with Crippen LogP contribution in [0.2, 0.25) is 0 Å². The lowest BCUT2D eigenvalue weighted by atomic mass is 10.2. The Kier molecular flexibility index (Phi) is 6.72. The highest BCUT2D eigenvalue weighted by Gasteiger charge is 1.99. The van der Waals surface area contributed by atoms with Gasteiger partial charge in [-0.1, -0.05) is 37.3 Å². The number of carbonyl (C=O) groups excluding carboxylic acids is 1. The second-order valence-corrected chi connectivity index (χ2v) is 4.05. The lowest BCUT2D eigenvalue weighted by Gasteiger charge is -2.05. The smallest absolute Gasteiger partial charge is 0.333 e. The van der Waals surface area contributed by atoms with Crippen molar-refractivity contribution in [3.05, 3.63) is 42.0 Å². The van der Waals surface area contributed by atoms with Gasteiger partial charge in [-0.05, 0) is 30.3 Å². The summed E-state index contributed by atoms with van der Waals surface area (Å²) in [7, 11) is 0. The summed E-state index contributed by atoms with van der Waals surface area (Å²) in [5, 5.41) is 0.470. The molecule has 0 aliphatic carbocycles. The van der Waals surface area contributed by atoms with Gasteiger partial charge in [-0.2, -0.15) is 0 Å². The van der Waals surface area contributed by atoms with E-state index in [1.165, 1.54) is 6.08 Å². The molecule has 1 aromatic rings. The summed E-state index contributed by atoms with van der Waals surface area (Å²) in [6, 6.07) is 9.51. The zero-order chi connectivity index (χ0) is 13.2. The molecule has 0 N–H and O–H groups in total. The van der Waals surface area contributed by atoms with Gasteiger partial charge in [0.1, 0.15) is 0 Å². The summed E-state index contributed by atoms with van der Waals surface area (Å²) in [6.07, 6.45) is 4.67. The van der Waals surface area contributed by atoms with E-state index in [4.69, 9.17) is 21.7 Å². The Morgan fingerprint density at radius 3 is 2.67 bits per heavy atom. The summed E-state index contributed by atoms with van der Waals surface area (Å²) in [4.78, 5) is 11.3. The maximum absolute atomic E-state index is 11.3. The summed E-state index contributed by atoms with van der Waals surface area (Å²) < 4.78 is 9.90. The number of thiocarbonyl (C=S) groups is 1. The van der Waals surface area contributed by atoms with Gasteiger partial charge in [-0.15, -0.1) is 0 Å². The summed E-state index contributed by atoms with van der Waals surface area (Å²) in [5.74, 6) is -0.446. The fraction of sp³-hybridized carbons (Fsp3) is 0.286. The zero-order valence-electron chi connectivity index (χ0n) is 10.3. The molecule has 18 heavy (non-hydrogen) atoms. The van der Waals surface area contributed by atoms with Gasteiger partial charge in [0.05, 0.1) is 0 Å². The molecule has 4 heteroatoms. The lowest BCUT2D eigenvalue weighted by Crippen LogP contribution is -2.09. The number of carbonyl (C=O) groups is 1. The van der Waals surface area contributed by atoms with E-state index in [9.17, 15) is 4.79 Å². The SMILES string of the molecule is CCCC(=S)OCOC(=O)C=Cc1ccccc1. The van der Waals surface area contributed by atoms with Crippen molar-refractivity contribution in [2.75, 3.05) is 6.79 Å². The van der Waals surface area contributed by atoms with Crippen molar-refractivity contribution in [3.8, 4) is 0 Å². The van der Waals surface area contributed by atoms with Crippen molar-refractivity contribution in [3.63, 3.8) is 0 Å². The minimum Gasteiger partial charge on any atom is -0.451 e. The molecule has 0 saturated heterocycles. The molecule has 0 amide bonds. The van der Waals surface area contributed by atoms with Gasteiger partial charge in [-0.25, -0.2) is 4.79 Å². The monoisotopic (exact) mass is 264 g/mol. The molecule has 0 aliphatic heterocycles. The number of ether oxygens (including phenoxy) is 2. The quantitative estimate of drug-likeness (QED) is 0.342. The average Bonchev–Trinajstić information content (AvgIpc) is 2.38. The van der Waals surface area contributed by atoms with Crippen LogP contribution in [0.3, 0.4) is 0 Å². The van der Waals surface area contributed by atoms with Crippen LogP contribution in [0.5, 0.6) is 0 Å². The first-order valence-corrected chi connectivity index (χ1v) is 6.18. The zero-order valence-corrected chi connectivity index (χ0v) is 11.1. The van der Waals surface area contributed by atoms with Crippen LogP contribution >= 0.6 is 12.2 Å². The van der Waals surface area contributed by atoms with Gasteiger partial charge in [0, 0.05) is 12.5 Å². The second kappa shape index (κ2) is 8.42. The van der Waals surface area contributed by atoms with E-state index in [0.29, 0.717) is 11.5 Å². The molecule has 1 aromatic carbocycles. The maximum atomic E-state index is 11.3. The van der Waals surface area contributed by atoms with Crippen molar-refractivity contribution in [1.29, 1.82) is 0 Å². The van der Waals surface area contributed by atoms with Crippen LogP contribution in [0, 0.1) is 0 Å². The minimum absolute atomic E-state index is 0.128. The molecule has 0 aliphatic rings. The van der Waals surface area contributed by atoms with Crippen LogP contribution in [0.1, 0.15) is 25.3 Å². The highest BCUT2D eigenvalue weighted by molar-refractivity contribution is 7.80. The number of esters is 1. The van der Waals surface area contributed by atoms with Crippen LogP contribution < -0.4 is 0 Å². The van der Waals surface area contributed by atoms with E-state index in [-0.39, 0.29) is 6.79 Å². The highest BCUT2D eigenvalue weighted by atomic mass is 32.1. The number of rotatable bonds is 6. The summed E-state index contributed by atoms with van der Waals surface area (Å²) >= 11 is 4.91. The Hall–Kier alpha value is -1.68. The lowest BCUT2D eigenvalue weighted by molar-refractivity contribution is -0.144. The van der Waals surface area contributed by atoms with E-state index in [1.807, 2.05) is 37.3 Å². The maximum Gasteiger partial charge on any atom is 0.333 e. The Balaban J connectivity index is 2.26. The highest BCUT2D eigenvalue weighted by Crippen LogP contribution is 2.01. The largest absolute Gasteiger partial charge is 0.451 e. The third-order valence-corrected chi connectivity index (χ3v) is 2.41. The molecular weight excluding hydrogens is 248 g/mol. The van der Waals surface area contributed by atoms with Crippen molar-refractivity contribution < 1.29 is 14.3 Å². The van der Waals surface area contributed by atoms with Crippen LogP contribution in [-0.2, 0) is 14.3 Å². The van der Waals surface area contributed by atoms with Crippen molar-refractivity contribution in [2.24, 2.45) is 0 Å². The topological polar surface area (TPSA) is 35.5 Å². The molecule has 0 atom stereocenters. The van der Waals surface area contributed by atoms with Gasteiger partial charge < -0.3 is 9.47 Å². The number of hydrogen-bond donors (Lipinski definition) is 0. The second-order valence-electron chi connectivity index (χ2n) is 3.59. The third kappa shape index (κ3) is 6.15. The molecule has 0 heterocycles. The van der Waals surface area contributed by atoms with Crippen LogP contribution in [-0.4, -0.2) is 17.8 Å². The molecule has 3 nitrogen and oxygen atoms in total. The minimum atomic E-state index is -0.446. The van der Waals surface area contributed by atoms with E-state index in [0.717, 1.165) is 12.0 Å². The van der Waals surface area contributed by atoms with Crippen LogP contribution in [0.4, 0.5) is 0 Å². The molecule has 0 unspecified atom stereocenters. The predicted molar refractivity (Wildman–Crippen MR) is 75.0 cm³/mol. The van der Waals surface area contributed by atoms with Crippen LogP contribution in [0.25, 0.3) is 6.08 Å². The van der Waals surface area contributed by atoms with E-state index >= 15 is 0 Å². The molecule has 0 saturated carbocycles. The molecule has 0 bridgehead atoms. The molecule has 1 rings (SSSR count). The van der Waals surface area contributed by atoms with Gasteiger partial charge >= 0.3 is 5.97 Å². The van der Waals surface area contributed by atoms with E-state index in [2.05, 4.69) is 0 Å².